The van der Waals surface area contributed by atoms with Gasteiger partial charge < -0.3 is 15.0 Å². The van der Waals surface area contributed by atoms with Gasteiger partial charge in [-0.3, -0.25) is 14.5 Å². The number of nitrogens with two attached hydrogens (primary N) is 1. The maximum Gasteiger partial charge on any atom is 0.410 e. The fourth-order valence-electron chi connectivity index (χ4n) is 7.18. The normalized spacial score (nSPS) is 33.9. The molecule has 8 nitrogen and oxygen atoms in total. The molecule has 5 aliphatic rings. The summed E-state index contributed by atoms with van der Waals surface area (Å²) in [5, 5.41) is 2.83. The second-order valence-electron chi connectivity index (χ2n) is 10.7. The molecule has 0 spiro atoms. The maximum atomic E-state index is 13.3. The molecule has 2 amide bonds. The van der Waals surface area contributed by atoms with Crippen molar-refractivity contribution >= 4 is 23.3 Å². The highest BCUT2D eigenvalue weighted by Crippen LogP contribution is 2.60. The van der Waals surface area contributed by atoms with Gasteiger partial charge in [0.1, 0.15) is 11.1 Å². The standard InChI is InChI=1S/C25H30N4O4S/c1-28-6-4-15(9-20(28)30)18-13-34-22(27-18)19-3-2-5-29(19)24(32)33-21-16-7-14-8-17(21)12-25(10-14,11-16)23(26)31/h4,6,9,13-14,16-17,19,21H,2-3,5,7-8,10-12H2,1H3,(H2,26,31). The maximum absolute atomic E-state index is 13.3. The average molecular weight is 483 g/mol. The first-order valence-corrected chi connectivity index (χ1v) is 13.1. The lowest BCUT2D eigenvalue weighted by Crippen LogP contribution is -2.59. The summed E-state index contributed by atoms with van der Waals surface area (Å²) in [6.45, 7) is 0.653. The van der Waals surface area contributed by atoms with Gasteiger partial charge in [-0.2, -0.15) is 0 Å². The number of primary amides is 1. The van der Waals surface area contributed by atoms with E-state index in [1.54, 1.807) is 19.3 Å². The molecule has 2 aromatic heterocycles. The number of carbonyl (C=O) groups excluding carboxylic acids is 2. The molecular weight excluding hydrogens is 452 g/mol. The molecule has 0 radical (unpaired) electrons. The highest BCUT2D eigenvalue weighted by Gasteiger charge is 2.59. The van der Waals surface area contributed by atoms with E-state index in [1.807, 2.05) is 16.3 Å². The zero-order chi connectivity index (χ0) is 23.6. The van der Waals surface area contributed by atoms with Crippen LogP contribution in [0.4, 0.5) is 4.79 Å². The number of aryl methyl sites for hydroxylation is 1. The Bertz CT molecular complexity index is 1190. The molecule has 5 fully saturated rings. The monoisotopic (exact) mass is 482 g/mol. The lowest BCUT2D eigenvalue weighted by atomic mass is 9.48. The van der Waals surface area contributed by atoms with Gasteiger partial charge in [0.2, 0.25) is 5.91 Å². The van der Waals surface area contributed by atoms with Crippen molar-refractivity contribution in [3.05, 3.63) is 39.1 Å². The Hall–Kier alpha value is -2.68. The smallest absolute Gasteiger partial charge is 0.410 e. The van der Waals surface area contributed by atoms with Crippen molar-refractivity contribution in [2.75, 3.05) is 6.54 Å². The van der Waals surface area contributed by atoms with Gasteiger partial charge in [0.05, 0.1) is 17.2 Å². The molecule has 3 atom stereocenters. The van der Waals surface area contributed by atoms with Crippen LogP contribution in [-0.2, 0) is 16.6 Å². The van der Waals surface area contributed by atoms with E-state index in [1.165, 1.54) is 15.9 Å². The Morgan fingerprint density at radius 3 is 2.71 bits per heavy atom. The number of nitrogens with zero attached hydrogens (tertiary/aromatic N) is 3. The fourth-order valence-corrected chi connectivity index (χ4v) is 8.15. The molecule has 0 aromatic carbocycles. The summed E-state index contributed by atoms with van der Waals surface area (Å²) in [7, 11) is 1.72. The Kier molecular flexibility index (Phi) is 5.09. The molecule has 1 aliphatic heterocycles. The number of carbonyl (C=O) groups is 2. The van der Waals surface area contributed by atoms with E-state index in [2.05, 4.69) is 0 Å². The van der Waals surface area contributed by atoms with Gasteiger partial charge in [0.25, 0.3) is 5.56 Å². The van der Waals surface area contributed by atoms with Gasteiger partial charge in [-0.25, -0.2) is 9.78 Å². The van der Waals surface area contributed by atoms with Gasteiger partial charge in [-0.15, -0.1) is 11.3 Å². The van der Waals surface area contributed by atoms with E-state index in [4.69, 9.17) is 15.5 Å². The number of likely N-dealkylation sites (tertiary alicyclic amines) is 1. The van der Waals surface area contributed by atoms with Crippen LogP contribution in [0.5, 0.6) is 0 Å². The zero-order valence-corrected chi connectivity index (χ0v) is 20.1. The Morgan fingerprint density at radius 2 is 2.00 bits per heavy atom. The first-order chi connectivity index (χ1) is 16.3. The minimum absolute atomic E-state index is 0.0769. The van der Waals surface area contributed by atoms with E-state index >= 15 is 0 Å². The summed E-state index contributed by atoms with van der Waals surface area (Å²) < 4.78 is 7.70. The minimum Gasteiger partial charge on any atom is -0.445 e. The zero-order valence-electron chi connectivity index (χ0n) is 19.3. The number of hydrogen-bond acceptors (Lipinski definition) is 6. The molecule has 34 heavy (non-hydrogen) atoms. The molecule has 1 saturated heterocycles. The lowest BCUT2D eigenvalue weighted by molar-refractivity contribution is -0.161. The molecule has 2 aromatic rings. The van der Waals surface area contributed by atoms with Crippen LogP contribution in [0, 0.1) is 23.2 Å². The molecule has 4 saturated carbocycles. The summed E-state index contributed by atoms with van der Waals surface area (Å²) in [4.78, 5) is 44.2. The SMILES string of the molecule is Cn1ccc(-c2csc(C3CCCN3C(=O)OC3C4CC5CC3CC(C(N)=O)(C5)C4)n2)cc1=O. The lowest BCUT2D eigenvalue weighted by Gasteiger charge is -2.58. The topological polar surface area (TPSA) is 108 Å². The van der Waals surface area contributed by atoms with Crippen molar-refractivity contribution in [3.8, 4) is 11.3 Å². The van der Waals surface area contributed by atoms with E-state index < -0.39 is 0 Å². The fraction of sp³-hybridized carbons (Fsp3) is 0.600. The third-order valence-electron chi connectivity index (χ3n) is 8.64. The van der Waals surface area contributed by atoms with Crippen LogP contribution in [0.3, 0.4) is 0 Å². The van der Waals surface area contributed by atoms with Crippen LogP contribution in [0.1, 0.15) is 56.0 Å². The van der Waals surface area contributed by atoms with Crippen LogP contribution in [-0.4, -0.2) is 39.1 Å². The highest BCUT2D eigenvalue weighted by atomic mass is 32.1. The number of aromatic nitrogens is 2. The number of amides is 2. The second kappa shape index (κ2) is 7.93. The largest absolute Gasteiger partial charge is 0.445 e. The van der Waals surface area contributed by atoms with Crippen molar-refractivity contribution in [1.82, 2.24) is 14.5 Å². The summed E-state index contributed by atoms with van der Waals surface area (Å²) in [6.07, 6.45) is 7.58. The molecule has 4 aliphatic carbocycles. The van der Waals surface area contributed by atoms with Crippen molar-refractivity contribution in [2.24, 2.45) is 36.0 Å². The van der Waals surface area contributed by atoms with E-state index in [9.17, 15) is 14.4 Å². The number of ether oxygens (including phenoxy) is 1. The van der Waals surface area contributed by atoms with Gasteiger partial charge in [0, 0.05) is 36.8 Å². The summed E-state index contributed by atoms with van der Waals surface area (Å²) in [6, 6.07) is 3.36. The number of rotatable bonds is 4. The molecule has 180 valence electrons. The minimum atomic E-state index is -0.384. The van der Waals surface area contributed by atoms with Crippen LogP contribution >= 0.6 is 11.3 Å². The first-order valence-electron chi connectivity index (χ1n) is 12.2. The van der Waals surface area contributed by atoms with Crippen LogP contribution < -0.4 is 11.3 Å². The molecule has 7 rings (SSSR count). The van der Waals surface area contributed by atoms with Gasteiger partial charge in [-0.05, 0) is 68.8 Å². The van der Waals surface area contributed by atoms with Crippen molar-refractivity contribution in [1.29, 1.82) is 0 Å². The van der Waals surface area contributed by atoms with Crippen LogP contribution in [0.25, 0.3) is 11.3 Å². The van der Waals surface area contributed by atoms with E-state index in [-0.39, 0.29) is 47.0 Å². The molecule has 2 N–H and O–H groups in total. The molecule has 9 heteroatoms. The number of hydrogen-bond donors (Lipinski definition) is 1. The first kappa shape index (κ1) is 21.8. The third-order valence-corrected chi connectivity index (χ3v) is 9.59. The van der Waals surface area contributed by atoms with Crippen molar-refractivity contribution < 1.29 is 14.3 Å². The molecule has 4 bridgehead atoms. The number of thiazole rings is 1. The predicted molar refractivity (Wildman–Crippen MR) is 127 cm³/mol. The predicted octanol–water partition coefficient (Wildman–Crippen LogP) is 3.46. The van der Waals surface area contributed by atoms with E-state index in [0.717, 1.165) is 61.2 Å². The van der Waals surface area contributed by atoms with Crippen molar-refractivity contribution in [3.63, 3.8) is 0 Å². The Balaban J connectivity index is 1.18. The van der Waals surface area contributed by atoms with Crippen molar-refractivity contribution in [2.45, 2.75) is 57.1 Å². The van der Waals surface area contributed by atoms with Gasteiger partial charge in [-0.1, -0.05) is 0 Å². The van der Waals surface area contributed by atoms with Gasteiger partial charge in [0.15, 0.2) is 0 Å². The Labute approximate surface area is 202 Å². The second-order valence-corrected chi connectivity index (χ2v) is 11.6. The molecule has 3 heterocycles. The van der Waals surface area contributed by atoms with Crippen LogP contribution in [0.15, 0.2) is 28.5 Å². The number of pyridine rings is 1. The van der Waals surface area contributed by atoms with Crippen LogP contribution in [0.2, 0.25) is 0 Å². The van der Waals surface area contributed by atoms with Gasteiger partial charge >= 0.3 is 6.09 Å². The summed E-state index contributed by atoms with van der Waals surface area (Å²) >= 11 is 1.52. The third kappa shape index (κ3) is 3.47. The highest BCUT2D eigenvalue weighted by molar-refractivity contribution is 7.10. The summed E-state index contributed by atoms with van der Waals surface area (Å²) in [5.41, 5.74) is 6.89. The average Bonchev–Trinajstić information content (AvgIpc) is 3.47. The summed E-state index contributed by atoms with van der Waals surface area (Å²) in [5.74, 6) is 0.821. The van der Waals surface area contributed by atoms with E-state index in [0.29, 0.717) is 12.5 Å². The molecular formula is C25H30N4O4S. The quantitative estimate of drug-likeness (QED) is 0.718. The Morgan fingerprint density at radius 1 is 1.24 bits per heavy atom. The molecule has 3 unspecified atom stereocenters.